The minimum absolute atomic E-state index is 0.364. The lowest BCUT2D eigenvalue weighted by Gasteiger charge is -2.06. The quantitative estimate of drug-likeness (QED) is 0.842. The fourth-order valence-corrected chi connectivity index (χ4v) is 2.38. The molecule has 1 heterocycles. The van der Waals surface area contributed by atoms with Crippen molar-refractivity contribution < 1.29 is 0 Å². The van der Waals surface area contributed by atoms with E-state index in [1.165, 1.54) is 11.8 Å². The number of aromatic nitrogens is 1. The highest BCUT2D eigenvalue weighted by Crippen LogP contribution is 2.35. The molecule has 2 aromatic rings. The molecule has 2 rings (SSSR count). The second-order valence-electron chi connectivity index (χ2n) is 3.23. The molecule has 0 spiro atoms. The number of nitriles is 1. The molecule has 0 atom stereocenters. The summed E-state index contributed by atoms with van der Waals surface area (Å²) in [5, 5.41) is 9.82. The molecule has 0 saturated heterocycles. The van der Waals surface area contributed by atoms with Gasteiger partial charge in [-0.25, -0.2) is 4.98 Å². The predicted molar refractivity (Wildman–Crippen MR) is 68.9 cm³/mol. The lowest BCUT2D eigenvalue weighted by Crippen LogP contribution is -1.90. The Balaban J connectivity index is 2.38. The number of rotatable bonds is 2. The summed E-state index contributed by atoms with van der Waals surface area (Å²) in [6.45, 7) is 0. The first-order valence-electron chi connectivity index (χ1n) is 4.79. The van der Waals surface area contributed by atoms with E-state index in [0.29, 0.717) is 21.3 Å². The molecule has 17 heavy (non-hydrogen) atoms. The average molecular weight is 262 g/mol. The highest BCUT2D eigenvalue weighted by Gasteiger charge is 2.10. The van der Waals surface area contributed by atoms with Crippen molar-refractivity contribution in [1.29, 1.82) is 5.26 Å². The van der Waals surface area contributed by atoms with Gasteiger partial charge in [-0.05, 0) is 18.2 Å². The number of benzene rings is 1. The lowest BCUT2D eigenvalue weighted by molar-refractivity contribution is 1.12. The first kappa shape index (κ1) is 11.8. The molecule has 0 fully saturated rings. The maximum absolute atomic E-state index is 8.87. The van der Waals surface area contributed by atoms with E-state index in [2.05, 4.69) is 4.98 Å². The molecule has 3 nitrogen and oxygen atoms in total. The summed E-state index contributed by atoms with van der Waals surface area (Å²) in [6.07, 6.45) is 1.56. The van der Waals surface area contributed by atoms with Crippen LogP contribution in [-0.4, -0.2) is 4.98 Å². The fraction of sp³-hybridized carbons (Fsp3) is 0. The number of nitrogens with two attached hydrogens (primary N) is 1. The molecule has 0 amide bonds. The summed E-state index contributed by atoms with van der Waals surface area (Å²) < 4.78 is 0. The van der Waals surface area contributed by atoms with E-state index in [9.17, 15) is 0 Å². The van der Waals surface area contributed by atoms with Crippen LogP contribution < -0.4 is 5.73 Å². The number of pyridine rings is 1. The van der Waals surface area contributed by atoms with Gasteiger partial charge in [-0.3, -0.25) is 0 Å². The van der Waals surface area contributed by atoms with Gasteiger partial charge in [-0.15, -0.1) is 0 Å². The van der Waals surface area contributed by atoms with Gasteiger partial charge in [-0.2, -0.15) is 5.26 Å². The number of hydrogen-bond acceptors (Lipinski definition) is 4. The minimum Gasteiger partial charge on any atom is -0.398 e. The summed E-state index contributed by atoms with van der Waals surface area (Å²) in [5.41, 5.74) is 6.91. The van der Waals surface area contributed by atoms with Crippen LogP contribution in [0.3, 0.4) is 0 Å². The number of halogens is 1. The zero-order valence-electron chi connectivity index (χ0n) is 8.72. The van der Waals surface area contributed by atoms with Crippen molar-refractivity contribution >= 4 is 29.1 Å². The van der Waals surface area contributed by atoms with E-state index in [4.69, 9.17) is 22.6 Å². The van der Waals surface area contributed by atoms with Gasteiger partial charge in [0.25, 0.3) is 0 Å². The average Bonchev–Trinajstić information content (AvgIpc) is 2.34. The first-order chi connectivity index (χ1) is 8.22. The maximum atomic E-state index is 8.87. The maximum Gasteiger partial charge on any atom is 0.121 e. The van der Waals surface area contributed by atoms with Gasteiger partial charge in [0.1, 0.15) is 11.1 Å². The summed E-state index contributed by atoms with van der Waals surface area (Å²) in [6, 6.07) is 11.1. The van der Waals surface area contributed by atoms with Crippen molar-refractivity contribution in [2.75, 3.05) is 5.73 Å². The smallest absolute Gasteiger partial charge is 0.121 e. The Hall–Kier alpha value is -1.70. The number of para-hydroxylation sites is 1. The molecular formula is C12H8ClN3S. The molecule has 0 aliphatic heterocycles. The van der Waals surface area contributed by atoms with Crippen molar-refractivity contribution in [3.8, 4) is 6.07 Å². The third-order valence-electron chi connectivity index (χ3n) is 2.10. The standard InChI is InChI=1S/C12H8ClN3S/c13-11-8(7-14)5-6-16-12(11)17-10-4-2-1-3-9(10)15/h1-6H,15H2. The van der Waals surface area contributed by atoms with Gasteiger partial charge >= 0.3 is 0 Å². The Kier molecular flexibility index (Phi) is 3.52. The molecule has 0 saturated carbocycles. The van der Waals surface area contributed by atoms with E-state index < -0.39 is 0 Å². The second kappa shape index (κ2) is 5.09. The summed E-state index contributed by atoms with van der Waals surface area (Å²) in [7, 11) is 0. The van der Waals surface area contributed by atoms with Crippen LogP contribution in [-0.2, 0) is 0 Å². The van der Waals surface area contributed by atoms with Crippen LogP contribution in [0, 0.1) is 11.3 Å². The van der Waals surface area contributed by atoms with Crippen LogP contribution in [0.15, 0.2) is 46.5 Å². The molecular weight excluding hydrogens is 254 g/mol. The molecule has 1 aromatic carbocycles. The molecule has 0 radical (unpaired) electrons. The van der Waals surface area contributed by atoms with Gasteiger partial charge < -0.3 is 5.73 Å². The predicted octanol–water partition coefficient (Wildman–Crippen LogP) is 3.34. The monoisotopic (exact) mass is 261 g/mol. The molecule has 5 heteroatoms. The molecule has 0 aliphatic rings. The molecule has 2 N–H and O–H groups in total. The molecule has 1 aromatic heterocycles. The Morgan fingerprint density at radius 1 is 1.29 bits per heavy atom. The minimum atomic E-state index is 0.364. The van der Waals surface area contributed by atoms with Crippen molar-refractivity contribution in [3.63, 3.8) is 0 Å². The Labute approximate surface area is 108 Å². The number of hydrogen-bond donors (Lipinski definition) is 1. The van der Waals surface area contributed by atoms with Crippen LogP contribution in [0.2, 0.25) is 5.02 Å². The second-order valence-corrected chi connectivity index (χ2v) is 4.64. The van der Waals surface area contributed by atoms with E-state index in [0.717, 1.165) is 4.90 Å². The normalized spacial score (nSPS) is 9.88. The van der Waals surface area contributed by atoms with Gasteiger partial charge in [0.15, 0.2) is 0 Å². The van der Waals surface area contributed by atoms with Crippen molar-refractivity contribution in [1.82, 2.24) is 4.98 Å². The topological polar surface area (TPSA) is 62.7 Å². The number of nitrogen functional groups attached to an aromatic ring is 1. The summed E-state index contributed by atoms with van der Waals surface area (Å²) in [5.74, 6) is 0. The van der Waals surface area contributed by atoms with E-state index in [1.807, 2.05) is 30.3 Å². The highest BCUT2D eigenvalue weighted by molar-refractivity contribution is 7.99. The molecule has 0 aliphatic carbocycles. The molecule has 84 valence electrons. The summed E-state index contributed by atoms with van der Waals surface area (Å²) in [4.78, 5) is 5.02. The SMILES string of the molecule is N#Cc1ccnc(Sc2ccccc2N)c1Cl. The van der Waals surface area contributed by atoms with Gasteiger partial charge in [0, 0.05) is 16.8 Å². The Morgan fingerprint density at radius 3 is 2.76 bits per heavy atom. The first-order valence-corrected chi connectivity index (χ1v) is 5.99. The van der Waals surface area contributed by atoms with E-state index in [-0.39, 0.29) is 0 Å². The largest absolute Gasteiger partial charge is 0.398 e. The number of anilines is 1. The molecule has 0 unspecified atom stereocenters. The van der Waals surface area contributed by atoms with Crippen LogP contribution >= 0.6 is 23.4 Å². The van der Waals surface area contributed by atoms with E-state index in [1.54, 1.807) is 12.3 Å². The fourth-order valence-electron chi connectivity index (χ4n) is 1.26. The van der Waals surface area contributed by atoms with Crippen LogP contribution in [0.5, 0.6) is 0 Å². The third kappa shape index (κ3) is 2.52. The zero-order valence-corrected chi connectivity index (χ0v) is 10.3. The van der Waals surface area contributed by atoms with Gasteiger partial charge in [0.2, 0.25) is 0 Å². The highest BCUT2D eigenvalue weighted by atomic mass is 35.5. The lowest BCUT2D eigenvalue weighted by atomic mass is 10.3. The van der Waals surface area contributed by atoms with Crippen LogP contribution in [0.25, 0.3) is 0 Å². The van der Waals surface area contributed by atoms with Crippen molar-refractivity contribution in [2.45, 2.75) is 9.92 Å². The third-order valence-corrected chi connectivity index (χ3v) is 3.69. The van der Waals surface area contributed by atoms with Gasteiger partial charge in [-0.1, -0.05) is 35.5 Å². The number of nitrogens with zero attached hydrogens (tertiary/aromatic N) is 2. The van der Waals surface area contributed by atoms with Crippen molar-refractivity contribution in [3.05, 3.63) is 47.1 Å². The molecule has 0 bridgehead atoms. The van der Waals surface area contributed by atoms with Crippen molar-refractivity contribution in [2.24, 2.45) is 0 Å². The van der Waals surface area contributed by atoms with Crippen LogP contribution in [0.1, 0.15) is 5.56 Å². The van der Waals surface area contributed by atoms with Gasteiger partial charge in [0.05, 0.1) is 10.6 Å². The Bertz CT molecular complexity index is 593. The Morgan fingerprint density at radius 2 is 2.06 bits per heavy atom. The zero-order chi connectivity index (χ0) is 12.3. The summed E-state index contributed by atoms with van der Waals surface area (Å²) >= 11 is 7.42. The van der Waals surface area contributed by atoms with Crippen LogP contribution in [0.4, 0.5) is 5.69 Å². The van der Waals surface area contributed by atoms with E-state index >= 15 is 0 Å².